The van der Waals surface area contributed by atoms with Crippen LogP contribution in [0.4, 0.5) is 0 Å². The van der Waals surface area contributed by atoms with Crippen molar-refractivity contribution < 1.29 is 43.9 Å². The number of nitrogens with two attached hydrogens (primary N) is 1. The number of likely N-dealkylation sites (tertiary alicyclic amines) is 1. The highest BCUT2D eigenvalue weighted by atomic mass is 16.6. The third-order valence-corrected chi connectivity index (χ3v) is 7.89. The number of phenolic OH excluding ortho intramolecular Hbond substituents is 1. The normalized spacial score (nSPS) is 31.9. The summed E-state index contributed by atoms with van der Waals surface area (Å²) in [6.07, 6.45) is 0.0885. The standard InChI is InChI=1S/C24H28N2O9/c1-11(33-22(31)13(25)10-17(28)29)21(30)34-15-5-6-24(32)16-9-12-3-4-14(27)19-18(12)23(24,20(15)35-19)7-8-26(16)2/h3-5,11,13,16,20,27,32H,6-10,25H2,1-2H3,(H,28,29)/t11-,13-,16+,20-,23-,24+/m0/s1. The van der Waals surface area contributed by atoms with Crippen LogP contribution in [0.5, 0.6) is 11.5 Å². The zero-order chi connectivity index (χ0) is 25.3. The average Bonchev–Trinajstić information content (AvgIpc) is 3.15. The Morgan fingerprint density at radius 2 is 2.06 bits per heavy atom. The van der Waals surface area contributed by atoms with Gasteiger partial charge in [0, 0.05) is 18.0 Å². The zero-order valence-corrected chi connectivity index (χ0v) is 19.4. The second-order valence-electron chi connectivity index (χ2n) is 9.81. The largest absolute Gasteiger partial charge is 0.504 e. The third-order valence-electron chi connectivity index (χ3n) is 7.89. The summed E-state index contributed by atoms with van der Waals surface area (Å²) < 4.78 is 16.8. The van der Waals surface area contributed by atoms with Crippen LogP contribution in [-0.2, 0) is 35.7 Å². The van der Waals surface area contributed by atoms with Gasteiger partial charge < -0.3 is 40.2 Å². The van der Waals surface area contributed by atoms with E-state index in [0.717, 1.165) is 11.1 Å². The summed E-state index contributed by atoms with van der Waals surface area (Å²) >= 11 is 0. The average molecular weight is 488 g/mol. The molecule has 1 saturated heterocycles. The topological polar surface area (TPSA) is 169 Å². The minimum atomic E-state index is -1.42. The van der Waals surface area contributed by atoms with Crippen molar-refractivity contribution in [2.24, 2.45) is 5.73 Å². The molecule has 2 aliphatic carbocycles. The second-order valence-corrected chi connectivity index (χ2v) is 9.81. The van der Waals surface area contributed by atoms with Gasteiger partial charge in [0.15, 0.2) is 23.7 Å². The highest BCUT2D eigenvalue weighted by Gasteiger charge is 2.72. The first kappa shape index (κ1) is 23.6. The number of esters is 2. The molecule has 1 aromatic rings. The van der Waals surface area contributed by atoms with Crippen LogP contribution in [0, 0.1) is 0 Å². The quantitative estimate of drug-likeness (QED) is 0.396. The van der Waals surface area contributed by atoms with Crippen molar-refractivity contribution in [3.8, 4) is 11.5 Å². The number of aliphatic hydroxyl groups is 1. The summed E-state index contributed by atoms with van der Waals surface area (Å²) in [7, 11) is 1.97. The Morgan fingerprint density at radius 3 is 2.77 bits per heavy atom. The first-order valence-electron chi connectivity index (χ1n) is 11.5. The molecule has 0 aromatic heterocycles. The zero-order valence-electron chi connectivity index (χ0n) is 19.4. The predicted octanol–water partition coefficient (Wildman–Crippen LogP) is -0.0532. The molecule has 2 bridgehead atoms. The lowest BCUT2D eigenvalue weighted by Gasteiger charge is -2.61. The summed E-state index contributed by atoms with van der Waals surface area (Å²) in [5, 5.41) is 31.4. The van der Waals surface area contributed by atoms with Crippen LogP contribution in [-0.4, -0.2) is 81.6 Å². The predicted molar refractivity (Wildman–Crippen MR) is 118 cm³/mol. The van der Waals surface area contributed by atoms with Crippen molar-refractivity contribution in [2.45, 2.75) is 67.9 Å². The smallest absolute Gasteiger partial charge is 0.352 e. The van der Waals surface area contributed by atoms with Crippen molar-refractivity contribution in [1.29, 1.82) is 0 Å². The fourth-order valence-electron chi connectivity index (χ4n) is 6.22. The second kappa shape index (κ2) is 7.94. The van der Waals surface area contributed by atoms with Gasteiger partial charge in [-0.3, -0.25) is 9.59 Å². The maximum absolute atomic E-state index is 12.8. The van der Waals surface area contributed by atoms with Crippen LogP contribution >= 0.6 is 0 Å². The van der Waals surface area contributed by atoms with E-state index in [1.807, 2.05) is 13.1 Å². The van der Waals surface area contributed by atoms with E-state index in [1.54, 1.807) is 12.1 Å². The van der Waals surface area contributed by atoms with E-state index in [1.165, 1.54) is 6.92 Å². The van der Waals surface area contributed by atoms with E-state index in [2.05, 4.69) is 4.90 Å². The highest BCUT2D eigenvalue weighted by Crippen LogP contribution is 2.65. The van der Waals surface area contributed by atoms with Crippen molar-refractivity contribution in [3.05, 3.63) is 35.1 Å². The van der Waals surface area contributed by atoms with E-state index in [-0.39, 0.29) is 29.7 Å². The first-order valence-corrected chi connectivity index (χ1v) is 11.5. The van der Waals surface area contributed by atoms with Gasteiger partial charge in [-0.2, -0.15) is 0 Å². The Bertz CT molecular complexity index is 1150. The molecule has 1 fully saturated rings. The Hall–Kier alpha value is -3.15. The van der Waals surface area contributed by atoms with Gasteiger partial charge in [0.2, 0.25) is 0 Å². The van der Waals surface area contributed by atoms with E-state index < -0.39 is 53.6 Å². The number of aromatic hydroxyl groups is 1. The molecule has 35 heavy (non-hydrogen) atoms. The number of rotatable bonds is 6. The van der Waals surface area contributed by atoms with Crippen LogP contribution in [0.25, 0.3) is 0 Å². The van der Waals surface area contributed by atoms with Crippen LogP contribution in [0.1, 0.15) is 37.3 Å². The number of carbonyl (C=O) groups is 3. The van der Waals surface area contributed by atoms with Gasteiger partial charge in [-0.1, -0.05) is 6.07 Å². The molecule has 1 aromatic carbocycles. The number of carbonyl (C=O) groups excluding carboxylic acids is 2. The molecule has 2 aliphatic heterocycles. The molecule has 5 N–H and O–H groups in total. The number of aliphatic carboxylic acids is 1. The number of carboxylic acids is 1. The number of likely N-dealkylation sites (N-methyl/N-ethyl adjacent to an activating group) is 1. The monoisotopic (exact) mass is 488 g/mol. The molecule has 6 atom stereocenters. The van der Waals surface area contributed by atoms with Crippen molar-refractivity contribution in [1.82, 2.24) is 4.90 Å². The number of hydrogen-bond donors (Lipinski definition) is 4. The van der Waals surface area contributed by atoms with E-state index >= 15 is 0 Å². The SMILES string of the molecule is C[C@H](OC(=O)[C@@H](N)CC(=O)O)C(=O)OC1=CC[C@@]2(O)[C@H]3Cc4ccc(O)c5c4[C@@]2(CCN3C)[C@H]1O5. The van der Waals surface area contributed by atoms with Gasteiger partial charge in [-0.15, -0.1) is 0 Å². The lowest BCUT2D eigenvalue weighted by molar-refractivity contribution is -0.176. The third kappa shape index (κ3) is 3.25. The van der Waals surface area contributed by atoms with Gasteiger partial charge in [0.1, 0.15) is 11.8 Å². The van der Waals surface area contributed by atoms with Gasteiger partial charge >= 0.3 is 17.9 Å². The molecular weight excluding hydrogens is 460 g/mol. The number of benzene rings is 1. The number of piperidine rings is 1. The van der Waals surface area contributed by atoms with Gasteiger partial charge in [0.25, 0.3) is 0 Å². The molecule has 11 heteroatoms. The molecule has 0 radical (unpaired) electrons. The lowest BCUT2D eigenvalue weighted by atomic mass is 9.50. The number of phenols is 1. The van der Waals surface area contributed by atoms with E-state index in [0.29, 0.717) is 19.4 Å². The molecule has 0 saturated carbocycles. The molecule has 0 amide bonds. The molecule has 11 nitrogen and oxygen atoms in total. The summed E-state index contributed by atoms with van der Waals surface area (Å²) in [5.74, 6) is -2.79. The van der Waals surface area contributed by atoms with Crippen LogP contribution in [0.2, 0.25) is 0 Å². The van der Waals surface area contributed by atoms with Gasteiger partial charge in [-0.25, -0.2) is 4.79 Å². The molecular formula is C24H28N2O9. The van der Waals surface area contributed by atoms with Crippen molar-refractivity contribution in [2.75, 3.05) is 13.6 Å². The molecule has 0 unspecified atom stereocenters. The van der Waals surface area contributed by atoms with Gasteiger partial charge in [0.05, 0.1) is 17.4 Å². The van der Waals surface area contributed by atoms with E-state index in [9.17, 15) is 24.6 Å². The first-order chi connectivity index (χ1) is 16.5. The molecule has 2 heterocycles. The number of hydrogen-bond acceptors (Lipinski definition) is 10. The Labute approximate surface area is 201 Å². The molecule has 5 rings (SSSR count). The van der Waals surface area contributed by atoms with E-state index in [4.69, 9.17) is 25.1 Å². The lowest BCUT2D eigenvalue weighted by Crippen LogP contribution is -2.74. The summed E-state index contributed by atoms with van der Waals surface area (Å²) in [6, 6.07) is 1.81. The van der Waals surface area contributed by atoms with Crippen LogP contribution in [0.15, 0.2) is 24.0 Å². The minimum absolute atomic E-state index is 0.0485. The molecule has 1 spiro atoms. The maximum Gasteiger partial charge on any atom is 0.352 e. The maximum atomic E-state index is 12.8. The fourth-order valence-corrected chi connectivity index (χ4v) is 6.22. The minimum Gasteiger partial charge on any atom is -0.504 e. The number of ether oxygens (including phenoxy) is 3. The number of nitrogens with zero attached hydrogens (tertiary/aromatic N) is 1. The van der Waals surface area contributed by atoms with Crippen LogP contribution in [0.3, 0.4) is 0 Å². The Kier molecular flexibility index (Phi) is 5.35. The van der Waals surface area contributed by atoms with Gasteiger partial charge in [-0.05, 0) is 51.1 Å². The Morgan fingerprint density at radius 1 is 1.31 bits per heavy atom. The number of carboxylic acid groups (broad SMARTS) is 1. The summed E-state index contributed by atoms with van der Waals surface area (Å²) in [4.78, 5) is 37.7. The highest BCUT2D eigenvalue weighted by molar-refractivity contribution is 5.85. The van der Waals surface area contributed by atoms with Crippen molar-refractivity contribution >= 4 is 17.9 Å². The Balaban J connectivity index is 1.43. The molecule has 188 valence electrons. The fraction of sp³-hybridized carbons (Fsp3) is 0.542. The summed E-state index contributed by atoms with van der Waals surface area (Å²) in [6.45, 7) is 1.98. The molecule has 4 aliphatic rings. The van der Waals surface area contributed by atoms with Crippen LogP contribution < -0.4 is 10.5 Å². The summed E-state index contributed by atoms with van der Waals surface area (Å²) in [5.41, 5.74) is 5.12. The van der Waals surface area contributed by atoms with Crippen molar-refractivity contribution in [3.63, 3.8) is 0 Å².